The molecule has 154 valence electrons. The maximum Gasteiger partial charge on any atom is 0.243 e. The first-order chi connectivity index (χ1) is 14.1. The van der Waals surface area contributed by atoms with Crippen LogP contribution in [0.3, 0.4) is 0 Å². The molecule has 0 aliphatic carbocycles. The first-order valence-electron chi connectivity index (χ1n) is 10.0. The summed E-state index contributed by atoms with van der Waals surface area (Å²) in [5.41, 5.74) is 3.28. The van der Waals surface area contributed by atoms with Crippen LogP contribution in [-0.2, 0) is 4.79 Å². The van der Waals surface area contributed by atoms with Gasteiger partial charge >= 0.3 is 0 Å². The smallest absolute Gasteiger partial charge is 0.243 e. The minimum absolute atomic E-state index is 0.0120. The lowest BCUT2D eigenvalue weighted by molar-refractivity contribution is -0.121. The van der Waals surface area contributed by atoms with Gasteiger partial charge in [0.1, 0.15) is 17.6 Å². The van der Waals surface area contributed by atoms with E-state index in [1.54, 1.807) is 0 Å². The quantitative estimate of drug-likeness (QED) is 0.577. The fourth-order valence-corrected chi connectivity index (χ4v) is 4.16. The van der Waals surface area contributed by atoms with E-state index in [4.69, 9.17) is 5.26 Å². The third kappa shape index (κ3) is 5.68. The average Bonchev–Trinajstić information content (AvgIpc) is 3.20. The highest BCUT2D eigenvalue weighted by Crippen LogP contribution is 2.33. The zero-order chi connectivity index (χ0) is 20.6. The van der Waals surface area contributed by atoms with E-state index in [2.05, 4.69) is 63.3 Å². The van der Waals surface area contributed by atoms with Gasteiger partial charge in [-0.2, -0.15) is 9.64 Å². The minimum Gasteiger partial charge on any atom is -0.369 e. The molecule has 1 aliphatic heterocycles. The zero-order valence-corrected chi connectivity index (χ0v) is 17.8. The van der Waals surface area contributed by atoms with Gasteiger partial charge in [-0.05, 0) is 41.6 Å². The van der Waals surface area contributed by atoms with E-state index in [0.29, 0.717) is 12.3 Å². The Labute approximate surface area is 176 Å². The number of nitriles is 1. The Morgan fingerprint density at radius 3 is 2.69 bits per heavy atom. The molecule has 2 aromatic rings. The Kier molecular flexibility index (Phi) is 7.44. The molecule has 1 saturated heterocycles. The highest BCUT2D eigenvalue weighted by Gasteiger charge is 2.22. The second-order valence-corrected chi connectivity index (χ2v) is 8.36. The number of benzene rings is 1. The summed E-state index contributed by atoms with van der Waals surface area (Å²) in [7, 11) is 0. The number of rotatable bonds is 8. The predicted octanol–water partition coefficient (Wildman–Crippen LogP) is 2.69. The van der Waals surface area contributed by atoms with Gasteiger partial charge in [0.15, 0.2) is 0 Å². The van der Waals surface area contributed by atoms with Gasteiger partial charge in [-0.1, -0.05) is 26.0 Å². The van der Waals surface area contributed by atoms with Gasteiger partial charge in [-0.3, -0.25) is 4.79 Å². The first kappa shape index (κ1) is 21.1. The van der Waals surface area contributed by atoms with Crippen LogP contribution in [0, 0.1) is 17.2 Å². The van der Waals surface area contributed by atoms with E-state index in [-0.39, 0.29) is 12.5 Å². The van der Waals surface area contributed by atoms with Crippen molar-refractivity contribution in [2.45, 2.75) is 26.3 Å². The van der Waals surface area contributed by atoms with Crippen LogP contribution in [-0.4, -0.2) is 49.0 Å². The Morgan fingerprint density at radius 1 is 1.31 bits per heavy atom. The number of nitrogens with zero attached hydrogens (tertiary/aromatic N) is 3. The Hall–Kier alpha value is -2.63. The van der Waals surface area contributed by atoms with E-state index in [1.807, 2.05) is 12.3 Å². The summed E-state index contributed by atoms with van der Waals surface area (Å²) >= 11 is 1.35. The zero-order valence-electron chi connectivity index (χ0n) is 16.9. The van der Waals surface area contributed by atoms with Crippen LogP contribution in [0.5, 0.6) is 0 Å². The van der Waals surface area contributed by atoms with Crippen molar-refractivity contribution in [2.75, 3.05) is 42.9 Å². The number of nitrogens with one attached hydrogen (secondary N) is 3. The van der Waals surface area contributed by atoms with Crippen molar-refractivity contribution in [3.8, 4) is 17.2 Å². The highest BCUT2D eigenvalue weighted by molar-refractivity contribution is 7.10. The molecule has 1 atom stereocenters. The molecule has 7 nitrogen and oxygen atoms in total. The van der Waals surface area contributed by atoms with E-state index in [1.165, 1.54) is 17.2 Å². The topological polar surface area (TPSA) is 93.1 Å². The van der Waals surface area contributed by atoms with Crippen LogP contribution >= 0.6 is 11.5 Å². The highest BCUT2D eigenvalue weighted by atomic mass is 32.1. The molecule has 1 aromatic heterocycles. The summed E-state index contributed by atoms with van der Waals surface area (Å²) in [6, 6.07) is 10.1. The lowest BCUT2D eigenvalue weighted by Gasteiger charge is -2.29. The van der Waals surface area contributed by atoms with Gasteiger partial charge in [0.2, 0.25) is 5.91 Å². The predicted molar refractivity (Wildman–Crippen MR) is 118 cm³/mol. The molecule has 3 N–H and O–H groups in total. The van der Waals surface area contributed by atoms with Crippen molar-refractivity contribution in [3.63, 3.8) is 0 Å². The number of aromatic nitrogens is 1. The van der Waals surface area contributed by atoms with Crippen molar-refractivity contribution >= 4 is 28.1 Å². The van der Waals surface area contributed by atoms with Gasteiger partial charge in [-0.15, -0.1) is 0 Å². The molecule has 1 aromatic carbocycles. The maximum atomic E-state index is 12.5. The normalized spacial score (nSPS) is 15.0. The molecule has 1 amide bonds. The third-order valence-electron chi connectivity index (χ3n) is 4.90. The van der Waals surface area contributed by atoms with Crippen LogP contribution in [0.15, 0.2) is 30.5 Å². The molecule has 8 heteroatoms. The summed E-state index contributed by atoms with van der Waals surface area (Å²) in [4.78, 5) is 14.9. The van der Waals surface area contributed by atoms with Crippen LogP contribution in [0.2, 0.25) is 0 Å². The standard InChI is InChI=1S/C21H28N6OS/c1-15(2)13-19(20(28)24-8-7-22)26-21-18(14-25-29-21)16-3-5-17(6-4-16)27-11-9-23-10-12-27/h3-6,14-15,19,23,26H,8-13H2,1-2H3,(H,24,28). The number of carbonyl (C=O) groups excluding carboxylic acids is 1. The Morgan fingerprint density at radius 2 is 2.03 bits per heavy atom. The second kappa shape index (κ2) is 10.2. The lowest BCUT2D eigenvalue weighted by atomic mass is 10.0. The molecule has 2 heterocycles. The summed E-state index contributed by atoms with van der Waals surface area (Å²) in [6.45, 7) is 8.22. The van der Waals surface area contributed by atoms with E-state index in [9.17, 15) is 4.79 Å². The molecular weight excluding hydrogens is 384 g/mol. The summed E-state index contributed by atoms with van der Waals surface area (Å²) in [5, 5.41) is 19.0. The largest absolute Gasteiger partial charge is 0.369 e. The minimum atomic E-state index is -0.400. The van der Waals surface area contributed by atoms with Gasteiger partial charge in [0.25, 0.3) is 0 Å². The molecule has 1 fully saturated rings. The fraction of sp³-hybridized carbons (Fsp3) is 0.476. The fourth-order valence-electron chi connectivity index (χ4n) is 3.44. The van der Waals surface area contributed by atoms with Gasteiger partial charge in [0.05, 0.1) is 12.3 Å². The molecule has 1 aliphatic rings. The van der Waals surface area contributed by atoms with Crippen molar-refractivity contribution in [1.29, 1.82) is 5.26 Å². The van der Waals surface area contributed by atoms with E-state index < -0.39 is 6.04 Å². The number of amides is 1. The Balaban J connectivity index is 1.75. The SMILES string of the molecule is CC(C)CC(Nc1sncc1-c1ccc(N2CCNCC2)cc1)C(=O)NCC#N. The molecule has 0 saturated carbocycles. The van der Waals surface area contributed by atoms with Crippen LogP contribution in [0.1, 0.15) is 20.3 Å². The summed E-state index contributed by atoms with van der Waals surface area (Å²) in [6.07, 6.45) is 2.52. The molecule has 0 bridgehead atoms. The van der Waals surface area contributed by atoms with Crippen LogP contribution < -0.4 is 20.9 Å². The van der Waals surface area contributed by atoms with Crippen molar-refractivity contribution in [3.05, 3.63) is 30.5 Å². The Bertz CT molecular complexity index is 836. The average molecular weight is 413 g/mol. The summed E-state index contributed by atoms with van der Waals surface area (Å²) in [5.74, 6) is 0.184. The number of anilines is 2. The molecule has 3 rings (SSSR count). The van der Waals surface area contributed by atoms with Gasteiger partial charge in [-0.25, -0.2) is 0 Å². The number of carbonyl (C=O) groups is 1. The lowest BCUT2D eigenvalue weighted by Crippen LogP contribution is -2.43. The molecular formula is C21H28N6OS. The van der Waals surface area contributed by atoms with E-state index >= 15 is 0 Å². The third-order valence-corrected chi connectivity index (χ3v) is 5.63. The van der Waals surface area contributed by atoms with Gasteiger partial charge in [0, 0.05) is 37.4 Å². The van der Waals surface area contributed by atoms with Crippen LogP contribution in [0.4, 0.5) is 10.7 Å². The first-order valence-corrected chi connectivity index (χ1v) is 10.8. The van der Waals surface area contributed by atoms with E-state index in [0.717, 1.165) is 42.3 Å². The van der Waals surface area contributed by atoms with Crippen molar-refractivity contribution in [2.24, 2.45) is 5.92 Å². The molecule has 29 heavy (non-hydrogen) atoms. The molecule has 1 unspecified atom stereocenters. The van der Waals surface area contributed by atoms with Crippen molar-refractivity contribution in [1.82, 2.24) is 15.0 Å². The van der Waals surface area contributed by atoms with Crippen LogP contribution in [0.25, 0.3) is 11.1 Å². The monoisotopic (exact) mass is 412 g/mol. The van der Waals surface area contributed by atoms with Gasteiger partial charge < -0.3 is 20.9 Å². The molecule has 0 radical (unpaired) electrons. The summed E-state index contributed by atoms with van der Waals surface area (Å²) < 4.78 is 4.34. The second-order valence-electron chi connectivity index (χ2n) is 7.55. The number of hydrogen-bond acceptors (Lipinski definition) is 7. The van der Waals surface area contributed by atoms with Crippen molar-refractivity contribution < 1.29 is 4.79 Å². The number of hydrogen-bond donors (Lipinski definition) is 3. The number of piperazine rings is 1. The molecule has 0 spiro atoms. The maximum absolute atomic E-state index is 12.5.